The maximum absolute atomic E-state index is 12.7. The van der Waals surface area contributed by atoms with E-state index in [0.29, 0.717) is 25.5 Å². The third kappa shape index (κ3) is 5.47. The number of carbonyl (C=O) groups is 2. The Hall–Kier alpha value is -3.05. The van der Waals surface area contributed by atoms with E-state index in [9.17, 15) is 32.9 Å². The summed E-state index contributed by atoms with van der Waals surface area (Å²) in [5, 5.41) is 16.3. The van der Waals surface area contributed by atoms with E-state index in [1.165, 1.54) is 4.90 Å². The van der Waals surface area contributed by atoms with Gasteiger partial charge in [-0.25, -0.2) is 4.79 Å². The van der Waals surface area contributed by atoms with Crippen LogP contribution in [0, 0.1) is 16.0 Å². The number of nitro benzene ring substituents is 1. The lowest BCUT2D eigenvalue weighted by Gasteiger charge is -2.30. The van der Waals surface area contributed by atoms with Crippen molar-refractivity contribution in [3.63, 3.8) is 0 Å². The van der Waals surface area contributed by atoms with Gasteiger partial charge in [-0.05, 0) is 25.0 Å². The second-order valence-electron chi connectivity index (χ2n) is 6.33. The maximum atomic E-state index is 12.7. The lowest BCUT2D eigenvalue weighted by atomic mass is 9.97. The van der Waals surface area contributed by atoms with Crippen LogP contribution < -0.4 is 16.4 Å². The number of rotatable bonds is 6. The molecule has 1 aromatic carbocycles. The van der Waals surface area contributed by atoms with Crippen LogP contribution in [0.5, 0.6) is 0 Å². The third-order valence-electron chi connectivity index (χ3n) is 4.37. The molecule has 3 amide bonds. The number of hydrogen-bond acceptors (Lipinski definition) is 5. The van der Waals surface area contributed by atoms with Crippen molar-refractivity contribution in [3.05, 3.63) is 33.9 Å². The number of likely N-dealkylation sites (tertiary alicyclic amines) is 1. The van der Waals surface area contributed by atoms with Crippen molar-refractivity contribution >= 4 is 23.3 Å². The molecule has 0 aliphatic carbocycles. The van der Waals surface area contributed by atoms with Crippen molar-refractivity contribution in [2.45, 2.75) is 19.0 Å². The van der Waals surface area contributed by atoms with Crippen molar-refractivity contribution in [2.75, 3.05) is 31.5 Å². The van der Waals surface area contributed by atoms with Gasteiger partial charge in [-0.1, -0.05) is 0 Å². The van der Waals surface area contributed by atoms with Crippen LogP contribution in [0.3, 0.4) is 0 Å². The number of primary amides is 1. The second kappa shape index (κ2) is 8.76. The molecule has 28 heavy (non-hydrogen) atoms. The van der Waals surface area contributed by atoms with Crippen molar-refractivity contribution in [2.24, 2.45) is 11.7 Å². The van der Waals surface area contributed by atoms with Gasteiger partial charge in [0.15, 0.2) is 0 Å². The SMILES string of the molecule is NC(=O)N1CCC[C@@H](C(=O)NCCNc2ccc(C(F)(F)F)cc2[N+](=O)[O-])C1. The number of nitrogens with two attached hydrogens (primary N) is 1. The van der Waals surface area contributed by atoms with Gasteiger partial charge < -0.3 is 21.3 Å². The summed E-state index contributed by atoms with van der Waals surface area (Å²) in [6.45, 7) is 0.894. The topological polar surface area (TPSA) is 131 Å². The number of nitro groups is 1. The number of alkyl halides is 3. The van der Waals surface area contributed by atoms with E-state index >= 15 is 0 Å². The van der Waals surface area contributed by atoms with Crippen LogP contribution in [0.2, 0.25) is 0 Å². The Bertz CT molecular complexity index is 756. The highest BCUT2D eigenvalue weighted by molar-refractivity contribution is 5.80. The number of amides is 3. The Morgan fingerprint density at radius 1 is 1.32 bits per heavy atom. The van der Waals surface area contributed by atoms with E-state index < -0.39 is 34.3 Å². The molecule has 0 unspecified atom stereocenters. The van der Waals surface area contributed by atoms with E-state index in [1.54, 1.807) is 0 Å². The van der Waals surface area contributed by atoms with Crippen molar-refractivity contribution in [3.8, 4) is 0 Å². The molecular weight excluding hydrogens is 383 g/mol. The molecule has 12 heteroatoms. The van der Waals surface area contributed by atoms with Crippen LogP contribution >= 0.6 is 0 Å². The van der Waals surface area contributed by atoms with Crippen LogP contribution in [0.15, 0.2) is 18.2 Å². The average Bonchev–Trinajstić information content (AvgIpc) is 2.64. The molecule has 0 radical (unpaired) electrons. The minimum Gasteiger partial charge on any atom is -0.378 e. The quantitative estimate of drug-likeness (QED) is 0.380. The Balaban J connectivity index is 1.88. The van der Waals surface area contributed by atoms with Crippen LogP contribution in [0.25, 0.3) is 0 Å². The first-order valence-corrected chi connectivity index (χ1v) is 8.51. The number of carbonyl (C=O) groups excluding carboxylic acids is 2. The minimum atomic E-state index is -4.68. The van der Waals surface area contributed by atoms with Crippen LogP contribution in [-0.4, -0.2) is 47.9 Å². The van der Waals surface area contributed by atoms with Gasteiger partial charge in [-0.3, -0.25) is 14.9 Å². The smallest absolute Gasteiger partial charge is 0.378 e. The number of nitrogens with zero attached hydrogens (tertiary/aromatic N) is 2. The number of hydrogen-bond donors (Lipinski definition) is 3. The first-order valence-electron chi connectivity index (χ1n) is 8.51. The molecule has 9 nitrogen and oxygen atoms in total. The molecule has 1 aliphatic heterocycles. The van der Waals surface area contributed by atoms with Crippen molar-refractivity contribution in [1.29, 1.82) is 0 Å². The summed E-state index contributed by atoms with van der Waals surface area (Å²) in [6, 6.07) is 1.60. The first-order chi connectivity index (χ1) is 13.1. The zero-order valence-corrected chi connectivity index (χ0v) is 14.8. The maximum Gasteiger partial charge on any atom is 0.416 e. The molecule has 1 atom stereocenters. The fourth-order valence-corrected chi connectivity index (χ4v) is 2.93. The predicted molar refractivity (Wildman–Crippen MR) is 93.5 cm³/mol. The second-order valence-corrected chi connectivity index (χ2v) is 6.33. The van der Waals surface area contributed by atoms with Gasteiger partial charge in [0.1, 0.15) is 5.69 Å². The Morgan fingerprint density at radius 2 is 2.04 bits per heavy atom. The summed E-state index contributed by atoms with van der Waals surface area (Å²) in [5.74, 6) is -0.684. The summed E-state index contributed by atoms with van der Waals surface area (Å²) in [4.78, 5) is 34.9. The normalized spacial score (nSPS) is 17.1. The van der Waals surface area contributed by atoms with Crippen molar-refractivity contribution < 1.29 is 27.7 Å². The fraction of sp³-hybridized carbons (Fsp3) is 0.500. The Kier molecular flexibility index (Phi) is 6.65. The number of benzene rings is 1. The van der Waals surface area contributed by atoms with Gasteiger partial charge >= 0.3 is 12.2 Å². The zero-order chi connectivity index (χ0) is 20.9. The van der Waals surface area contributed by atoms with Crippen LogP contribution in [-0.2, 0) is 11.0 Å². The van der Waals surface area contributed by atoms with E-state index in [-0.39, 0.29) is 31.2 Å². The molecule has 0 saturated carbocycles. The highest BCUT2D eigenvalue weighted by atomic mass is 19.4. The Labute approximate surface area is 158 Å². The van der Waals surface area contributed by atoms with Gasteiger partial charge in [0.05, 0.1) is 16.4 Å². The largest absolute Gasteiger partial charge is 0.416 e. The molecule has 0 aromatic heterocycles. The van der Waals surface area contributed by atoms with Gasteiger partial charge in [-0.15, -0.1) is 0 Å². The summed E-state index contributed by atoms with van der Waals surface area (Å²) in [7, 11) is 0. The van der Waals surface area contributed by atoms with E-state index in [0.717, 1.165) is 12.1 Å². The van der Waals surface area contributed by atoms with Gasteiger partial charge in [-0.2, -0.15) is 13.2 Å². The highest BCUT2D eigenvalue weighted by Crippen LogP contribution is 2.34. The third-order valence-corrected chi connectivity index (χ3v) is 4.37. The molecule has 1 saturated heterocycles. The molecule has 0 bridgehead atoms. The zero-order valence-electron chi connectivity index (χ0n) is 14.8. The molecule has 1 aliphatic rings. The molecule has 1 aromatic rings. The molecule has 2 rings (SSSR count). The summed E-state index contributed by atoms with van der Waals surface area (Å²) < 4.78 is 38.1. The molecule has 0 spiro atoms. The number of anilines is 1. The lowest BCUT2D eigenvalue weighted by Crippen LogP contribution is -2.47. The predicted octanol–water partition coefficient (Wildman–Crippen LogP) is 1.93. The standard InChI is InChI=1S/C16H20F3N5O4/c17-16(18,19)11-3-4-12(13(8-11)24(27)28)21-5-6-22-14(25)10-2-1-7-23(9-10)15(20)26/h3-4,8,10,21H,1-2,5-7,9H2,(H2,20,26)(H,22,25)/t10-/m1/s1. The number of nitrogens with one attached hydrogen (secondary N) is 2. The minimum absolute atomic E-state index is 0.0736. The lowest BCUT2D eigenvalue weighted by molar-refractivity contribution is -0.384. The van der Waals surface area contributed by atoms with Crippen LogP contribution in [0.1, 0.15) is 18.4 Å². The highest BCUT2D eigenvalue weighted by Gasteiger charge is 2.33. The van der Waals surface area contributed by atoms with Crippen LogP contribution in [0.4, 0.5) is 29.3 Å². The summed E-state index contributed by atoms with van der Waals surface area (Å²) in [5.41, 5.74) is 3.31. The monoisotopic (exact) mass is 403 g/mol. The molecular formula is C16H20F3N5O4. The molecule has 154 valence electrons. The molecule has 4 N–H and O–H groups in total. The Morgan fingerprint density at radius 3 is 2.64 bits per heavy atom. The van der Waals surface area contributed by atoms with Gasteiger partial charge in [0, 0.05) is 32.2 Å². The first kappa shape index (κ1) is 21.3. The summed E-state index contributed by atoms with van der Waals surface area (Å²) >= 11 is 0. The summed E-state index contributed by atoms with van der Waals surface area (Å²) in [6.07, 6.45) is -3.43. The fourth-order valence-electron chi connectivity index (χ4n) is 2.93. The van der Waals surface area contributed by atoms with E-state index in [4.69, 9.17) is 5.73 Å². The van der Waals surface area contributed by atoms with E-state index in [2.05, 4.69) is 10.6 Å². The number of halogens is 3. The number of urea groups is 1. The van der Waals surface area contributed by atoms with Gasteiger partial charge in [0.2, 0.25) is 5.91 Å². The average molecular weight is 403 g/mol. The molecule has 1 fully saturated rings. The number of piperidine rings is 1. The van der Waals surface area contributed by atoms with Crippen molar-refractivity contribution in [1.82, 2.24) is 10.2 Å². The van der Waals surface area contributed by atoms with Gasteiger partial charge in [0.25, 0.3) is 5.69 Å². The van der Waals surface area contributed by atoms with E-state index in [1.807, 2.05) is 0 Å². The molecule has 1 heterocycles.